The second kappa shape index (κ2) is 5.70. The second-order valence-corrected chi connectivity index (χ2v) is 5.40. The van der Waals surface area contributed by atoms with Crippen molar-refractivity contribution >= 4 is 17.5 Å². The minimum absolute atomic E-state index is 0.0668. The van der Waals surface area contributed by atoms with Gasteiger partial charge in [-0.25, -0.2) is 4.39 Å². The van der Waals surface area contributed by atoms with Gasteiger partial charge in [-0.05, 0) is 37.0 Å². The highest BCUT2D eigenvalue weighted by atomic mass is 35.5. The predicted molar refractivity (Wildman–Crippen MR) is 70.3 cm³/mol. The van der Waals surface area contributed by atoms with Gasteiger partial charge in [0, 0.05) is 11.1 Å². The third kappa shape index (κ3) is 3.02. The summed E-state index contributed by atoms with van der Waals surface area (Å²) in [5, 5.41) is 3.22. The highest BCUT2D eigenvalue weighted by Gasteiger charge is 2.24. The van der Waals surface area contributed by atoms with Crippen LogP contribution in [0.1, 0.15) is 43.0 Å². The van der Waals surface area contributed by atoms with Crippen LogP contribution in [-0.2, 0) is 0 Å². The van der Waals surface area contributed by atoms with Crippen LogP contribution in [0.15, 0.2) is 18.2 Å². The standard InChI is InChI=1S/C14H17ClFNO/c1-9-4-2-3-5-13(9)17-14(18)11-7-6-10(15)8-12(11)16/h6-9,13H,2-5H2,1H3,(H,17,18). The Bertz CT molecular complexity index is 449. The van der Waals surface area contributed by atoms with Crippen LogP contribution in [0.2, 0.25) is 5.02 Å². The molecule has 18 heavy (non-hydrogen) atoms. The monoisotopic (exact) mass is 269 g/mol. The summed E-state index contributed by atoms with van der Waals surface area (Å²) in [6, 6.07) is 4.28. The van der Waals surface area contributed by atoms with Crippen LogP contribution >= 0.6 is 11.6 Å². The van der Waals surface area contributed by atoms with Crippen molar-refractivity contribution in [3.05, 3.63) is 34.6 Å². The molecule has 1 aliphatic carbocycles. The lowest BCUT2D eigenvalue weighted by molar-refractivity contribution is 0.0906. The topological polar surface area (TPSA) is 29.1 Å². The molecule has 2 unspecified atom stereocenters. The molecule has 2 rings (SSSR count). The number of carbonyl (C=O) groups excluding carboxylic acids is 1. The fourth-order valence-corrected chi connectivity index (χ4v) is 2.61. The van der Waals surface area contributed by atoms with Crippen LogP contribution in [0.25, 0.3) is 0 Å². The molecule has 0 heterocycles. The van der Waals surface area contributed by atoms with E-state index in [2.05, 4.69) is 12.2 Å². The number of halogens is 2. The van der Waals surface area contributed by atoms with Gasteiger partial charge in [-0.3, -0.25) is 4.79 Å². The largest absolute Gasteiger partial charge is 0.349 e. The number of hydrogen-bond donors (Lipinski definition) is 1. The molecule has 1 aromatic rings. The summed E-state index contributed by atoms with van der Waals surface area (Å²) >= 11 is 5.66. The minimum Gasteiger partial charge on any atom is -0.349 e. The first-order chi connectivity index (χ1) is 8.58. The van der Waals surface area contributed by atoms with Crippen molar-refractivity contribution in [2.24, 2.45) is 5.92 Å². The summed E-state index contributed by atoms with van der Waals surface area (Å²) in [6.45, 7) is 2.13. The van der Waals surface area contributed by atoms with Crippen molar-refractivity contribution < 1.29 is 9.18 Å². The normalized spacial score (nSPS) is 23.7. The highest BCUT2D eigenvalue weighted by Crippen LogP contribution is 2.24. The van der Waals surface area contributed by atoms with Crippen molar-refractivity contribution in [2.45, 2.75) is 38.6 Å². The Morgan fingerprint density at radius 1 is 1.39 bits per heavy atom. The first-order valence-corrected chi connectivity index (χ1v) is 6.71. The van der Waals surface area contributed by atoms with Crippen LogP contribution in [0.4, 0.5) is 4.39 Å². The van der Waals surface area contributed by atoms with Crippen molar-refractivity contribution in [1.29, 1.82) is 0 Å². The van der Waals surface area contributed by atoms with Gasteiger partial charge in [0.2, 0.25) is 0 Å². The Labute approximate surface area is 112 Å². The molecule has 2 atom stereocenters. The number of amides is 1. The van der Waals surface area contributed by atoms with E-state index in [0.717, 1.165) is 19.3 Å². The van der Waals surface area contributed by atoms with E-state index < -0.39 is 5.82 Å². The molecule has 0 bridgehead atoms. The summed E-state index contributed by atoms with van der Waals surface area (Å²) in [4.78, 5) is 12.0. The van der Waals surface area contributed by atoms with E-state index in [-0.39, 0.29) is 17.5 Å². The van der Waals surface area contributed by atoms with Crippen molar-refractivity contribution in [1.82, 2.24) is 5.32 Å². The van der Waals surface area contributed by atoms with E-state index >= 15 is 0 Å². The molecule has 1 aromatic carbocycles. The van der Waals surface area contributed by atoms with E-state index in [4.69, 9.17) is 11.6 Å². The van der Waals surface area contributed by atoms with Gasteiger partial charge in [0.05, 0.1) is 5.56 Å². The van der Waals surface area contributed by atoms with Gasteiger partial charge in [0.15, 0.2) is 0 Å². The smallest absolute Gasteiger partial charge is 0.254 e. The second-order valence-electron chi connectivity index (χ2n) is 4.97. The van der Waals surface area contributed by atoms with E-state index in [1.54, 1.807) is 0 Å². The van der Waals surface area contributed by atoms with Gasteiger partial charge in [0.1, 0.15) is 5.82 Å². The molecule has 1 aliphatic rings. The van der Waals surface area contributed by atoms with Gasteiger partial charge in [0.25, 0.3) is 5.91 Å². The molecule has 1 amide bonds. The van der Waals surface area contributed by atoms with Gasteiger partial charge >= 0.3 is 0 Å². The van der Waals surface area contributed by atoms with Crippen molar-refractivity contribution in [3.8, 4) is 0 Å². The van der Waals surface area contributed by atoms with Gasteiger partial charge in [-0.1, -0.05) is 31.4 Å². The zero-order valence-corrected chi connectivity index (χ0v) is 11.1. The molecule has 4 heteroatoms. The average Bonchev–Trinajstić information content (AvgIpc) is 2.32. The zero-order chi connectivity index (χ0) is 13.1. The molecular formula is C14H17ClFNO. The van der Waals surface area contributed by atoms with E-state index in [9.17, 15) is 9.18 Å². The molecule has 0 radical (unpaired) electrons. The fourth-order valence-electron chi connectivity index (χ4n) is 2.45. The van der Waals surface area contributed by atoms with Gasteiger partial charge in [-0.2, -0.15) is 0 Å². The zero-order valence-electron chi connectivity index (χ0n) is 10.4. The Morgan fingerprint density at radius 2 is 2.11 bits per heavy atom. The van der Waals surface area contributed by atoms with Crippen molar-refractivity contribution in [3.63, 3.8) is 0 Å². The highest BCUT2D eigenvalue weighted by molar-refractivity contribution is 6.30. The van der Waals surface area contributed by atoms with Crippen LogP contribution < -0.4 is 5.32 Å². The lowest BCUT2D eigenvalue weighted by Gasteiger charge is -2.29. The third-order valence-corrected chi connectivity index (χ3v) is 3.84. The van der Waals surface area contributed by atoms with Gasteiger partial charge < -0.3 is 5.32 Å². The molecule has 0 aliphatic heterocycles. The lowest BCUT2D eigenvalue weighted by atomic mass is 9.86. The maximum Gasteiger partial charge on any atom is 0.254 e. The quantitative estimate of drug-likeness (QED) is 0.870. The van der Waals surface area contributed by atoms with E-state index in [1.807, 2.05) is 0 Å². The summed E-state index contributed by atoms with van der Waals surface area (Å²) in [5.74, 6) is -0.454. The first-order valence-electron chi connectivity index (χ1n) is 6.34. The molecule has 0 saturated heterocycles. The van der Waals surface area contributed by atoms with E-state index in [1.165, 1.54) is 24.6 Å². The number of hydrogen-bond acceptors (Lipinski definition) is 1. The summed E-state index contributed by atoms with van der Waals surface area (Å²) in [7, 11) is 0. The average molecular weight is 270 g/mol. The van der Waals surface area contributed by atoms with Crippen LogP contribution in [0, 0.1) is 11.7 Å². The summed E-state index contributed by atoms with van der Waals surface area (Å²) in [5.41, 5.74) is 0.0668. The number of benzene rings is 1. The first kappa shape index (κ1) is 13.3. The summed E-state index contributed by atoms with van der Waals surface area (Å²) in [6.07, 6.45) is 4.43. The van der Waals surface area contributed by atoms with Crippen LogP contribution in [0.3, 0.4) is 0 Å². The lowest BCUT2D eigenvalue weighted by Crippen LogP contribution is -2.41. The van der Waals surface area contributed by atoms with Crippen LogP contribution in [-0.4, -0.2) is 11.9 Å². The fraction of sp³-hybridized carbons (Fsp3) is 0.500. The summed E-state index contributed by atoms with van der Waals surface area (Å²) < 4.78 is 13.6. The molecule has 2 nitrogen and oxygen atoms in total. The number of carbonyl (C=O) groups is 1. The van der Waals surface area contributed by atoms with Crippen molar-refractivity contribution in [2.75, 3.05) is 0 Å². The molecule has 1 saturated carbocycles. The SMILES string of the molecule is CC1CCCCC1NC(=O)c1ccc(Cl)cc1F. The molecular weight excluding hydrogens is 253 g/mol. The maximum absolute atomic E-state index is 13.6. The molecule has 0 spiro atoms. The van der Waals surface area contributed by atoms with E-state index in [0.29, 0.717) is 10.9 Å². The Hall–Kier alpha value is -1.09. The number of rotatable bonds is 2. The molecule has 98 valence electrons. The Morgan fingerprint density at radius 3 is 2.78 bits per heavy atom. The van der Waals surface area contributed by atoms with Crippen LogP contribution in [0.5, 0.6) is 0 Å². The Balaban J connectivity index is 2.07. The maximum atomic E-state index is 13.6. The number of nitrogens with one attached hydrogen (secondary N) is 1. The Kier molecular flexibility index (Phi) is 4.23. The molecule has 1 fully saturated rings. The third-order valence-electron chi connectivity index (χ3n) is 3.60. The predicted octanol–water partition coefficient (Wildman–Crippen LogP) is 3.79. The van der Waals surface area contributed by atoms with Gasteiger partial charge in [-0.15, -0.1) is 0 Å². The molecule has 1 N–H and O–H groups in total. The molecule has 0 aromatic heterocycles. The minimum atomic E-state index is -0.566.